The normalized spacial score (nSPS) is 15.8. The minimum absolute atomic E-state index is 0.210. The number of hydrogen-bond acceptors (Lipinski definition) is 7. The van der Waals surface area contributed by atoms with Gasteiger partial charge in [-0.15, -0.1) is 11.8 Å². The first-order valence-electron chi connectivity index (χ1n) is 10.4. The summed E-state index contributed by atoms with van der Waals surface area (Å²) >= 11 is 2.93. The summed E-state index contributed by atoms with van der Waals surface area (Å²) in [5, 5.41) is 0. The van der Waals surface area contributed by atoms with E-state index in [0.29, 0.717) is 26.4 Å². The number of carbonyl (C=O) groups is 1. The zero-order chi connectivity index (χ0) is 23.5. The number of rotatable bonds is 6. The van der Waals surface area contributed by atoms with Crippen molar-refractivity contribution in [2.45, 2.75) is 24.8 Å². The van der Waals surface area contributed by atoms with Gasteiger partial charge in [-0.25, -0.2) is 9.79 Å². The van der Waals surface area contributed by atoms with Gasteiger partial charge in [-0.05, 0) is 49.9 Å². The third-order valence-electron chi connectivity index (χ3n) is 5.37. The summed E-state index contributed by atoms with van der Waals surface area (Å²) in [4.78, 5) is 32.8. The predicted octanol–water partition coefficient (Wildman–Crippen LogP) is 3.53. The van der Waals surface area contributed by atoms with Gasteiger partial charge in [-0.1, -0.05) is 41.7 Å². The van der Waals surface area contributed by atoms with Gasteiger partial charge >= 0.3 is 5.97 Å². The van der Waals surface area contributed by atoms with Crippen LogP contribution in [0, 0.1) is 0 Å². The van der Waals surface area contributed by atoms with Crippen molar-refractivity contribution >= 4 is 35.1 Å². The molecule has 170 valence electrons. The van der Waals surface area contributed by atoms with Gasteiger partial charge in [0.25, 0.3) is 5.56 Å². The van der Waals surface area contributed by atoms with Gasteiger partial charge in [0.1, 0.15) is 5.75 Å². The van der Waals surface area contributed by atoms with E-state index in [2.05, 4.69) is 4.99 Å². The summed E-state index contributed by atoms with van der Waals surface area (Å²) in [6.07, 6.45) is 3.81. The fourth-order valence-electron chi connectivity index (χ4n) is 3.82. The van der Waals surface area contributed by atoms with Gasteiger partial charge in [-0.3, -0.25) is 9.36 Å². The summed E-state index contributed by atoms with van der Waals surface area (Å²) in [5.41, 5.74) is 2.35. The molecule has 0 unspecified atom stereocenters. The summed E-state index contributed by atoms with van der Waals surface area (Å²) < 4.78 is 12.9. The van der Waals surface area contributed by atoms with Gasteiger partial charge in [0.15, 0.2) is 4.80 Å². The fourth-order valence-corrected chi connectivity index (χ4v) is 5.27. The van der Waals surface area contributed by atoms with Crippen LogP contribution < -0.4 is 19.6 Å². The Kier molecular flexibility index (Phi) is 6.85. The Labute approximate surface area is 199 Å². The number of methoxy groups -OCH3 is 1. The molecule has 0 amide bonds. The first kappa shape index (κ1) is 23.1. The van der Waals surface area contributed by atoms with Crippen LogP contribution in [0.5, 0.6) is 5.75 Å². The quantitative estimate of drug-likeness (QED) is 0.399. The van der Waals surface area contributed by atoms with E-state index in [-0.39, 0.29) is 12.2 Å². The minimum Gasteiger partial charge on any atom is -0.496 e. The van der Waals surface area contributed by atoms with Crippen molar-refractivity contribution in [3.05, 3.63) is 90.6 Å². The maximum absolute atomic E-state index is 13.6. The Bertz CT molecular complexity index is 1400. The van der Waals surface area contributed by atoms with Crippen LogP contribution in [-0.2, 0) is 9.53 Å². The lowest BCUT2D eigenvalue weighted by Crippen LogP contribution is -2.39. The number of fused-ring (bicyclic) bond motifs is 1. The summed E-state index contributed by atoms with van der Waals surface area (Å²) in [6.45, 7) is 3.79. The smallest absolute Gasteiger partial charge is 0.338 e. The molecule has 0 saturated heterocycles. The second kappa shape index (κ2) is 9.80. The van der Waals surface area contributed by atoms with E-state index in [1.54, 1.807) is 43.4 Å². The first-order chi connectivity index (χ1) is 16.0. The number of para-hydroxylation sites is 1. The number of ether oxygens (including phenoxy) is 2. The highest BCUT2D eigenvalue weighted by atomic mass is 32.2. The fraction of sp³-hybridized carbons (Fsp3) is 0.240. The summed E-state index contributed by atoms with van der Waals surface area (Å²) in [5.74, 6) is 0.215. The lowest BCUT2D eigenvalue weighted by atomic mass is 9.96. The molecular weight excluding hydrogens is 456 g/mol. The number of carbonyl (C=O) groups excluding carboxylic acids is 1. The van der Waals surface area contributed by atoms with Crippen LogP contribution in [0.2, 0.25) is 0 Å². The van der Waals surface area contributed by atoms with Gasteiger partial charge in [0.05, 0.1) is 35.6 Å². The highest BCUT2D eigenvalue weighted by Gasteiger charge is 2.33. The predicted molar refractivity (Wildman–Crippen MR) is 132 cm³/mol. The number of thioether (sulfide) groups is 1. The first-order valence-corrected chi connectivity index (χ1v) is 12.5. The molecule has 2 heterocycles. The van der Waals surface area contributed by atoms with Gasteiger partial charge in [0.2, 0.25) is 0 Å². The number of hydrogen-bond donors (Lipinski definition) is 0. The van der Waals surface area contributed by atoms with Crippen molar-refractivity contribution in [2.24, 2.45) is 4.99 Å². The van der Waals surface area contributed by atoms with Crippen molar-refractivity contribution in [3.63, 3.8) is 0 Å². The van der Waals surface area contributed by atoms with Crippen molar-refractivity contribution in [1.29, 1.82) is 0 Å². The molecule has 8 heteroatoms. The average Bonchev–Trinajstić information content (AvgIpc) is 3.13. The van der Waals surface area contributed by atoms with E-state index in [1.165, 1.54) is 11.3 Å². The second-order valence-corrected chi connectivity index (χ2v) is 9.21. The maximum Gasteiger partial charge on any atom is 0.338 e. The Hall–Kier alpha value is -3.10. The molecule has 1 atom stereocenters. The lowest BCUT2D eigenvalue weighted by Gasteiger charge is -2.24. The van der Waals surface area contributed by atoms with Crippen molar-refractivity contribution in [2.75, 3.05) is 20.0 Å². The highest BCUT2D eigenvalue weighted by Crippen LogP contribution is 2.31. The molecule has 4 rings (SSSR count). The zero-order valence-corrected chi connectivity index (χ0v) is 20.5. The Morgan fingerprint density at radius 2 is 1.94 bits per heavy atom. The van der Waals surface area contributed by atoms with E-state index in [9.17, 15) is 9.59 Å². The van der Waals surface area contributed by atoms with Crippen LogP contribution in [0.3, 0.4) is 0 Å². The molecule has 0 fully saturated rings. The van der Waals surface area contributed by atoms with Crippen molar-refractivity contribution < 1.29 is 14.3 Å². The van der Waals surface area contributed by atoms with Crippen LogP contribution >= 0.6 is 23.1 Å². The molecule has 0 bridgehead atoms. The van der Waals surface area contributed by atoms with Crippen LogP contribution in [-0.4, -0.2) is 30.5 Å². The van der Waals surface area contributed by atoms with Crippen LogP contribution in [0.15, 0.2) is 74.5 Å². The van der Waals surface area contributed by atoms with E-state index >= 15 is 0 Å². The van der Waals surface area contributed by atoms with E-state index in [4.69, 9.17) is 9.47 Å². The molecule has 0 spiro atoms. The van der Waals surface area contributed by atoms with Crippen molar-refractivity contribution in [3.8, 4) is 5.75 Å². The number of nitrogens with zero attached hydrogens (tertiary/aromatic N) is 2. The number of benzene rings is 2. The van der Waals surface area contributed by atoms with Gasteiger partial charge in [0, 0.05) is 10.5 Å². The second-order valence-electron chi connectivity index (χ2n) is 7.32. The van der Waals surface area contributed by atoms with E-state index < -0.39 is 12.0 Å². The summed E-state index contributed by atoms with van der Waals surface area (Å²) in [6, 6.07) is 14.8. The number of thiazole rings is 1. The van der Waals surface area contributed by atoms with Crippen LogP contribution in [0.1, 0.15) is 31.0 Å². The molecular formula is C25H24N2O4S2. The Morgan fingerprint density at radius 3 is 2.61 bits per heavy atom. The van der Waals surface area contributed by atoms with Gasteiger partial charge < -0.3 is 9.47 Å². The molecule has 1 aromatic heterocycles. The maximum atomic E-state index is 13.6. The third kappa shape index (κ3) is 4.41. The Morgan fingerprint density at radius 1 is 1.21 bits per heavy atom. The highest BCUT2D eigenvalue weighted by molar-refractivity contribution is 7.98. The minimum atomic E-state index is -0.615. The molecule has 0 saturated carbocycles. The molecule has 2 aromatic carbocycles. The molecule has 1 aliphatic heterocycles. The number of esters is 1. The monoisotopic (exact) mass is 480 g/mol. The topological polar surface area (TPSA) is 69.9 Å². The molecule has 1 aliphatic rings. The molecule has 0 aliphatic carbocycles. The molecule has 33 heavy (non-hydrogen) atoms. The average molecular weight is 481 g/mol. The summed E-state index contributed by atoms with van der Waals surface area (Å²) in [7, 11) is 1.60. The van der Waals surface area contributed by atoms with E-state index in [0.717, 1.165) is 16.0 Å². The Balaban J connectivity index is 1.95. The molecule has 3 aromatic rings. The number of aromatic nitrogens is 1. The molecule has 0 N–H and O–H groups in total. The molecule has 0 radical (unpaired) electrons. The van der Waals surface area contributed by atoms with Crippen LogP contribution in [0.4, 0.5) is 0 Å². The van der Waals surface area contributed by atoms with Gasteiger partial charge in [-0.2, -0.15) is 0 Å². The third-order valence-corrected chi connectivity index (χ3v) is 7.10. The molecule has 6 nitrogen and oxygen atoms in total. The van der Waals surface area contributed by atoms with E-state index in [1.807, 2.05) is 54.8 Å². The standard InChI is InChI=1S/C25H24N2O4S2/c1-5-31-24(29)21-15(2)26-25-27(22(21)16-10-12-18(32-4)13-11-16)23(28)20(33-25)14-17-8-6-7-9-19(17)30-3/h6-14,22H,5H2,1-4H3/b20-14-/t22-/m0/s1. The van der Waals surface area contributed by atoms with Crippen LogP contribution in [0.25, 0.3) is 6.08 Å². The number of allylic oxidation sites excluding steroid dienone is 1. The zero-order valence-electron chi connectivity index (χ0n) is 18.8. The largest absolute Gasteiger partial charge is 0.496 e. The van der Waals surface area contributed by atoms with Crippen molar-refractivity contribution in [1.82, 2.24) is 4.57 Å². The SMILES string of the molecule is CCOC(=O)C1=C(C)N=c2s/c(=C\c3ccccc3OC)c(=O)n2[C@H]1c1ccc(SC)cc1. The lowest BCUT2D eigenvalue weighted by molar-refractivity contribution is -0.139.